The van der Waals surface area contributed by atoms with Gasteiger partial charge in [-0.2, -0.15) is 5.10 Å². The fourth-order valence-corrected chi connectivity index (χ4v) is 3.71. The minimum atomic E-state index is -0.260. The lowest BCUT2D eigenvalue weighted by Gasteiger charge is -2.16. The molecular formula is C24H23N3O3. The van der Waals surface area contributed by atoms with Gasteiger partial charge >= 0.3 is 0 Å². The van der Waals surface area contributed by atoms with Gasteiger partial charge in [-0.15, -0.1) is 0 Å². The molecule has 0 bridgehead atoms. The number of rotatable bonds is 7. The van der Waals surface area contributed by atoms with E-state index in [-0.39, 0.29) is 23.9 Å². The summed E-state index contributed by atoms with van der Waals surface area (Å²) >= 11 is 0. The second-order valence-corrected chi connectivity index (χ2v) is 7.21. The lowest BCUT2D eigenvalue weighted by molar-refractivity contribution is -0.121. The first-order chi connectivity index (χ1) is 14.6. The lowest BCUT2D eigenvalue weighted by atomic mass is 9.93. The Morgan fingerprint density at radius 3 is 2.50 bits per heavy atom. The minimum absolute atomic E-state index is 0.0465. The summed E-state index contributed by atoms with van der Waals surface area (Å²) in [6.07, 6.45) is 2.34. The first-order valence-electron chi connectivity index (χ1n) is 9.95. The van der Waals surface area contributed by atoms with Crippen molar-refractivity contribution in [3.8, 4) is 0 Å². The molecule has 4 aromatic rings. The summed E-state index contributed by atoms with van der Waals surface area (Å²) in [5, 5.41) is 8.59. The summed E-state index contributed by atoms with van der Waals surface area (Å²) in [5.74, 6) is 0.661. The van der Waals surface area contributed by atoms with E-state index in [2.05, 4.69) is 22.5 Å². The Balaban J connectivity index is 1.43. The Labute approximate surface area is 174 Å². The molecule has 0 saturated carbocycles. The van der Waals surface area contributed by atoms with Crippen molar-refractivity contribution in [2.75, 3.05) is 6.54 Å². The van der Waals surface area contributed by atoms with Gasteiger partial charge in [-0.05, 0) is 37.1 Å². The first kappa shape index (κ1) is 19.6. The molecule has 0 aliphatic carbocycles. The Hall–Kier alpha value is -3.67. The molecule has 6 heteroatoms. The molecule has 152 valence electrons. The van der Waals surface area contributed by atoms with Crippen LogP contribution in [0, 0.1) is 6.92 Å². The quantitative estimate of drug-likeness (QED) is 0.513. The van der Waals surface area contributed by atoms with Gasteiger partial charge < -0.3 is 9.73 Å². The van der Waals surface area contributed by atoms with E-state index in [0.717, 1.165) is 22.4 Å². The molecule has 0 spiro atoms. The molecule has 1 amide bonds. The number of aromatic nitrogens is 2. The second-order valence-electron chi connectivity index (χ2n) is 7.21. The van der Waals surface area contributed by atoms with Gasteiger partial charge in [0.25, 0.3) is 5.56 Å². The van der Waals surface area contributed by atoms with Crippen molar-refractivity contribution in [1.82, 2.24) is 15.1 Å². The van der Waals surface area contributed by atoms with Gasteiger partial charge in [-0.25, -0.2) is 4.68 Å². The average molecular weight is 401 g/mol. The van der Waals surface area contributed by atoms with Crippen molar-refractivity contribution in [3.05, 3.63) is 100 Å². The molecule has 6 nitrogen and oxygen atoms in total. The zero-order chi connectivity index (χ0) is 20.9. The number of carbonyl (C=O) groups excluding carboxylic acids is 1. The number of carbonyl (C=O) groups is 1. The number of aryl methyl sites for hydroxylation is 1. The molecule has 30 heavy (non-hydrogen) atoms. The van der Waals surface area contributed by atoms with Crippen LogP contribution in [0.1, 0.15) is 29.4 Å². The van der Waals surface area contributed by atoms with Crippen LogP contribution in [-0.2, 0) is 11.3 Å². The zero-order valence-corrected chi connectivity index (χ0v) is 16.7. The largest absolute Gasteiger partial charge is 0.469 e. The SMILES string of the molecule is Cc1nn(CC(=O)NCCC(c2ccccc2)c2ccco2)c(=O)c2ccccc12. The minimum Gasteiger partial charge on any atom is -0.469 e. The third kappa shape index (κ3) is 4.17. The van der Waals surface area contributed by atoms with Gasteiger partial charge in [-0.1, -0.05) is 48.5 Å². The van der Waals surface area contributed by atoms with Gasteiger partial charge in [0.1, 0.15) is 12.3 Å². The van der Waals surface area contributed by atoms with E-state index in [9.17, 15) is 9.59 Å². The monoisotopic (exact) mass is 401 g/mol. The summed E-state index contributed by atoms with van der Waals surface area (Å²) in [5.41, 5.74) is 1.59. The molecule has 1 atom stereocenters. The van der Waals surface area contributed by atoms with Crippen LogP contribution in [0.3, 0.4) is 0 Å². The molecule has 0 aliphatic rings. The summed E-state index contributed by atoms with van der Waals surface area (Å²) in [6, 6.07) is 21.2. The Bertz CT molecular complexity index is 1200. The highest BCUT2D eigenvalue weighted by Crippen LogP contribution is 2.27. The van der Waals surface area contributed by atoms with Gasteiger partial charge in [0.05, 0.1) is 17.3 Å². The number of nitrogens with zero attached hydrogens (tertiary/aromatic N) is 2. The van der Waals surface area contributed by atoms with Crippen molar-refractivity contribution in [2.45, 2.75) is 25.8 Å². The maximum absolute atomic E-state index is 12.6. The summed E-state index contributed by atoms with van der Waals surface area (Å²) < 4.78 is 6.84. The van der Waals surface area contributed by atoms with Crippen LogP contribution in [0.25, 0.3) is 10.8 Å². The van der Waals surface area contributed by atoms with Gasteiger partial charge in [0.2, 0.25) is 5.91 Å². The fourth-order valence-electron chi connectivity index (χ4n) is 3.71. The molecule has 2 aromatic heterocycles. The number of amides is 1. The Morgan fingerprint density at radius 2 is 1.77 bits per heavy atom. The van der Waals surface area contributed by atoms with E-state index in [1.54, 1.807) is 12.3 Å². The highest BCUT2D eigenvalue weighted by atomic mass is 16.3. The number of fused-ring (bicyclic) bond motifs is 1. The second kappa shape index (κ2) is 8.78. The smallest absolute Gasteiger partial charge is 0.275 e. The van der Waals surface area contributed by atoms with Crippen LogP contribution in [-0.4, -0.2) is 22.2 Å². The summed E-state index contributed by atoms with van der Waals surface area (Å²) in [4.78, 5) is 25.1. The number of hydrogen-bond acceptors (Lipinski definition) is 4. The Kier molecular flexibility index (Phi) is 5.75. The molecule has 1 unspecified atom stereocenters. The maximum Gasteiger partial charge on any atom is 0.275 e. The zero-order valence-electron chi connectivity index (χ0n) is 16.7. The van der Waals surface area contributed by atoms with Crippen molar-refractivity contribution < 1.29 is 9.21 Å². The van der Waals surface area contributed by atoms with Crippen LogP contribution < -0.4 is 10.9 Å². The van der Waals surface area contributed by atoms with E-state index in [4.69, 9.17) is 4.42 Å². The summed E-state index contributed by atoms with van der Waals surface area (Å²) in [6.45, 7) is 2.19. The predicted octanol–water partition coefficient (Wildman–Crippen LogP) is 3.64. The van der Waals surface area contributed by atoms with E-state index in [1.807, 2.05) is 55.5 Å². The number of hydrogen-bond donors (Lipinski definition) is 1. The highest BCUT2D eigenvalue weighted by molar-refractivity contribution is 5.83. The molecule has 2 aromatic carbocycles. The van der Waals surface area contributed by atoms with Crippen LogP contribution in [0.2, 0.25) is 0 Å². The van der Waals surface area contributed by atoms with Crippen molar-refractivity contribution in [2.24, 2.45) is 0 Å². The van der Waals surface area contributed by atoms with E-state index in [1.165, 1.54) is 4.68 Å². The van der Waals surface area contributed by atoms with Crippen LogP contribution >= 0.6 is 0 Å². The number of nitrogens with one attached hydrogen (secondary N) is 1. The standard InChI is InChI=1S/C24H23N3O3/c1-17-19-10-5-6-11-21(19)24(29)27(26-17)16-23(28)25-14-13-20(22-12-7-15-30-22)18-8-3-2-4-9-18/h2-12,15,20H,13-14,16H2,1H3,(H,25,28). The normalized spacial score (nSPS) is 12.0. The maximum atomic E-state index is 12.6. The van der Waals surface area contributed by atoms with Crippen LogP contribution in [0.15, 0.2) is 82.2 Å². The average Bonchev–Trinajstić information content (AvgIpc) is 3.30. The summed E-state index contributed by atoms with van der Waals surface area (Å²) in [7, 11) is 0. The first-order valence-corrected chi connectivity index (χ1v) is 9.95. The van der Waals surface area contributed by atoms with Gasteiger partial charge in [-0.3, -0.25) is 9.59 Å². The van der Waals surface area contributed by atoms with Gasteiger partial charge in [0, 0.05) is 17.8 Å². The third-order valence-electron chi connectivity index (χ3n) is 5.19. The van der Waals surface area contributed by atoms with Crippen molar-refractivity contribution in [1.29, 1.82) is 0 Å². The topological polar surface area (TPSA) is 77.1 Å². The molecule has 0 saturated heterocycles. The molecule has 2 heterocycles. The van der Waals surface area contributed by atoms with Gasteiger partial charge in [0.15, 0.2) is 0 Å². The Morgan fingerprint density at radius 1 is 1.03 bits per heavy atom. The molecular weight excluding hydrogens is 378 g/mol. The lowest BCUT2D eigenvalue weighted by Crippen LogP contribution is -2.35. The van der Waals surface area contributed by atoms with E-state index >= 15 is 0 Å². The predicted molar refractivity (Wildman–Crippen MR) is 115 cm³/mol. The van der Waals surface area contributed by atoms with Crippen molar-refractivity contribution >= 4 is 16.7 Å². The van der Waals surface area contributed by atoms with E-state index in [0.29, 0.717) is 18.4 Å². The molecule has 0 radical (unpaired) electrons. The molecule has 0 aliphatic heterocycles. The number of furan rings is 1. The van der Waals surface area contributed by atoms with E-state index < -0.39 is 0 Å². The fraction of sp³-hybridized carbons (Fsp3) is 0.208. The number of benzene rings is 2. The van der Waals surface area contributed by atoms with Crippen LogP contribution in [0.4, 0.5) is 0 Å². The molecule has 4 rings (SSSR count). The molecule has 0 fully saturated rings. The van der Waals surface area contributed by atoms with Crippen molar-refractivity contribution in [3.63, 3.8) is 0 Å². The highest BCUT2D eigenvalue weighted by Gasteiger charge is 2.17. The molecule has 1 N–H and O–H groups in total. The van der Waals surface area contributed by atoms with Crippen LogP contribution in [0.5, 0.6) is 0 Å². The third-order valence-corrected chi connectivity index (χ3v) is 5.19.